The molecule has 100 valence electrons. The maximum atomic E-state index is 11.2. The molecule has 1 atom stereocenters. The Morgan fingerprint density at radius 3 is 2.78 bits per heavy atom. The maximum absolute atomic E-state index is 11.2. The van der Waals surface area contributed by atoms with Gasteiger partial charge in [-0.3, -0.25) is 0 Å². The normalized spacial score (nSPS) is 12.1. The van der Waals surface area contributed by atoms with Gasteiger partial charge in [-0.05, 0) is 24.6 Å². The molecule has 0 aliphatic carbocycles. The standard InChI is InChI=1S/C14H20BrNO2/c1-2-3-4-5-9-13(14(17)18)16-12-8-6-7-11(15)10-12/h6-8,10,13,16H,2-5,9H2,1H3,(H,17,18). The fourth-order valence-corrected chi connectivity index (χ4v) is 2.21. The Morgan fingerprint density at radius 1 is 1.39 bits per heavy atom. The van der Waals surface area contributed by atoms with E-state index in [0.717, 1.165) is 29.4 Å². The van der Waals surface area contributed by atoms with E-state index in [1.165, 1.54) is 6.42 Å². The molecule has 0 heterocycles. The molecule has 18 heavy (non-hydrogen) atoms. The Balaban J connectivity index is 2.50. The Hall–Kier alpha value is -1.03. The summed E-state index contributed by atoms with van der Waals surface area (Å²) in [5.41, 5.74) is 0.840. The van der Waals surface area contributed by atoms with Gasteiger partial charge in [0.2, 0.25) is 0 Å². The first-order chi connectivity index (χ1) is 8.63. The fourth-order valence-electron chi connectivity index (χ4n) is 1.81. The summed E-state index contributed by atoms with van der Waals surface area (Å²) < 4.78 is 0.947. The van der Waals surface area contributed by atoms with Crippen LogP contribution in [0.5, 0.6) is 0 Å². The third-order valence-electron chi connectivity index (χ3n) is 2.81. The van der Waals surface area contributed by atoms with Crippen molar-refractivity contribution >= 4 is 27.6 Å². The fraction of sp³-hybridized carbons (Fsp3) is 0.500. The second kappa shape index (κ2) is 8.14. The molecule has 0 fully saturated rings. The first kappa shape index (κ1) is 15.0. The van der Waals surface area contributed by atoms with Crippen LogP contribution in [0.3, 0.4) is 0 Å². The third-order valence-corrected chi connectivity index (χ3v) is 3.30. The largest absolute Gasteiger partial charge is 0.480 e. The van der Waals surface area contributed by atoms with Crippen molar-refractivity contribution in [3.05, 3.63) is 28.7 Å². The molecule has 0 saturated heterocycles. The molecule has 1 aromatic carbocycles. The number of anilines is 1. The van der Waals surface area contributed by atoms with Gasteiger partial charge in [0.05, 0.1) is 0 Å². The Morgan fingerprint density at radius 2 is 2.17 bits per heavy atom. The van der Waals surface area contributed by atoms with Gasteiger partial charge in [0.25, 0.3) is 0 Å². The van der Waals surface area contributed by atoms with Gasteiger partial charge in [-0.1, -0.05) is 54.6 Å². The first-order valence-electron chi connectivity index (χ1n) is 6.38. The van der Waals surface area contributed by atoms with Gasteiger partial charge in [-0.25, -0.2) is 4.79 Å². The lowest BCUT2D eigenvalue weighted by Crippen LogP contribution is -2.29. The molecule has 1 rings (SSSR count). The molecular weight excluding hydrogens is 294 g/mol. The molecule has 3 nitrogen and oxygen atoms in total. The van der Waals surface area contributed by atoms with Crippen LogP contribution in [0.2, 0.25) is 0 Å². The zero-order valence-corrected chi connectivity index (χ0v) is 12.2. The van der Waals surface area contributed by atoms with E-state index in [4.69, 9.17) is 0 Å². The number of hydrogen-bond acceptors (Lipinski definition) is 2. The predicted octanol–water partition coefficient (Wildman–Crippen LogP) is 4.28. The zero-order valence-electron chi connectivity index (χ0n) is 10.7. The molecule has 0 amide bonds. The SMILES string of the molecule is CCCCCCC(Nc1cccc(Br)c1)C(=O)O. The molecule has 0 spiro atoms. The number of rotatable bonds is 8. The van der Waals surface area contributed by atoms with Crippen LogP contribution in [0.4, 0.5) is 5.69 Å². The number of carbonyl (C=O) groups is 1. The summed E-state index contributed by atoms with van der Waals surface area (Å²) >= 11 is 3.37. The van der Waals surface area contributed by atoms with E-state index in [0.29, 0.717) is 6.42 Å². The smallest absolute Gasteiger partial charge is 0.326 e. The molecule has 0 radical (unpaired) electrons. The summed E-state index contributed by atoms with van der Waals surface area (Å²) in [6.45, 7) is 2.15. The van der Waals surface area contributed by atoms with Crippen molar-refractivity contribution in [3.8, 4) is 0 Å². The predicted molar refractivity (Wildman–Crippen MR) is 77.9 cm³/mol. The van der Waals surface area contributed by atoms with E-state index in [9.17, 15) is 9.90 Å². The van der Waals surface area contributed by atoms with Crippen molar-refractivity contribution in [2.75, 3.05) is 5.32 Å². The average molecular weight is 314 g/mol. The van der Waals surface area contributed by atoms with Crippen LogP contribution < -0.4 is 5.32 Å². The van der Waals surface area contributed by atoms with Crippen LogP contribution in [-0.4, -0.2) is 17.1 Å². The summed E-state index contributed by atoms with van der Waals surface area (Å²) in [7, 11) is 0. The molecule has 0 saturated carbocycles. The molecule has 0 aliphatic rings. The Kier molecular flexibility index (Phi) is 6.80. The Bertz CT molecular complexity index is 382. The third kappa shape index (κ3) is 5.54. The molecule has 0 aliphatic heterocycles. The monoisotopic (exact) mass is 313 g/mol. The summed E-state index contributed by atoms with van der Waals surface area (Å²) in [5.74, 6) is -0.786. The number of carboxylic acids is 1. The molecular formula is C14H20BrNO2. The van der Waals surface area contributed by atoms with Crippen molar-refractivity contribution in [3.63, 3.8) is 0 Å². The van der Waals surface area contributed by atoms with Crippen molar-refractivity contribution in [2.45, 2.75) is 45.1 Å². The highest BCUT2D eigenvalue weighted by Crippen LogP contribution is 2.18. The van der Waals surface area contributed by atoms with Gasteiger partial charge in [-0.2, -0.15) is 0 Å². The van der Waals surface area contributed by atoms with Crippen molar-refractivity contribution < 1.29 is 9.90 Å². The molecule has 1 aromatic rings. The average Bonchev–Trinajstić information content (AvgIpc) is 2.33. The number of nitrogens with one attached hydrogen (secondary N) is 1. The van der Waals surface area contributed by atoms with Crippen LogP contribution >= 0.6 is 15.9 Å². The number of carboxylic acid groups (broad SMARTS) is 1. The zero-order chi connectivity index (χ0) is 13.4. The van der Waals surface area contributed by atoms with E-state index in [1.807, 2.05) is 24.3 Å². The number of unbranched alkanes of at least 4 members (excludes halogenated alkanes) is 3. The van der Waals surface area contributed by atoms with Crippen molar-refractivity contribution in [1.29, 1.82) is 0 Å². The van der Waals surface area contributed by atoms with Gasteiger partial charge in [0, 0.05) is 10.2 Å². The molecule has 4 heteroatoms. The summed E-state index contributed by atoms with van der Waals surface area (Å²) in [4.78, 5) is 11.2. The quantitative estimate of drug-likeness (QED) is 0.704. The summed E-state index contributed by atoms with van der Waals surface area (Å²) in [5, 5.41) is 12.3. The number of benzene rings is 1. The van der Waals surface area contributed by atoms with Crippen molar-refractivity contribution in [1.82, 2.24) is 0 Å². The van der Waals surface area contributed by atoms with Gasteiger partial charge in [-0.15, -0.1) is 0 Å². The second-order valence-electron chi connectivity index (χ2n) is 4.39. The van der Waals surface area contributed by atoms with Crippen LogP contribution in [0, 0.1) is 0 Å². The lowest BCUT2D eigenvalue weighted by atomic mass is 10.1. The van der Waals surface area contributed by atoms with Gasteiger partial charge in [0.15, 0.2) is 0 Å². The lowest BCUT2D eigenvalue weighted by Gasteiger charge is -2.15. The van der Waals surface area contributed by atoms with Crippen LogP contribution in [0.15, 0.2) is 28.7 Å². The molecule has 0 bridgehead atoms. The first-order valence-corrected chi connectivity index (χ1v) is 7.17. The minimum Gasteiger partial charge on any atom is -0.480 e. The molecule has 0 aromatic heterocycles. The van der Waals surface area contributed by atoms with Crippen LogP contribution in [0.25, 0.3) is 0 Å². The number of hydrogen-bond donors (Lipinski definition) is 2. The van der Waals surface area contributed by atoms with Gasteiger partial charge < -0.3 is 10.4 Å². The lowest BCUT2D eigenvalue weighted by molar-refractivity contribution is -0.138. The highest BCUT2D eigenvalue weighted by atomic mass is 79.9. The number of halogens is 1. The van der Waals surface area contributed by atoms with Gasteiger partial charge in [0.1, 0.15) is 6.04 Å². The topological polar surface area (TPSA) is 49.3 Å². The van der Waals surface area contributed by atoms with E-state index >= 15 is 0 Å². The van der Waals surface area contributed by atoms with Gasteiger partial charge >= 0.3 is 5.97 Å². The van der Waals surface area contributed by atoms with E-state index < -0.39 is 12.0 Å². The van der Waals surface area contributed by atoms with Crippen LogP contribution in [0.1, 0.15) is 39.0 Å². The second-order valence-corrected chi connectivity index (χ2v) is 5.31. The highest BCUT2D eigenvalue weighted by molar-refractivity contribution is 9.10. The Labute approximate surface area is 117 Å². The van der Waals surface area contributed by atoms with E-state index in [2.05, 4.69) is 28.2 Å². The minimum atomic E-state index is -0.786. The summed E-state index contributed by atoms with van der Waals surface area (Å²) in [6, 6.07) is 7.08. The van der Waals surface area contributed by atoms with Crippen molar-refractivity contribution in [2.24, 2.45) is 0 Å². The summed E-state index contributed by atoms with van der Waals surface area (Å²) in [6.07, 6.45) is 5.05. The minimum absolute atomic E-state index is 0.504. The van der Waals surface area contributed by atoms with E-state index in [-0.39, 0.29) is 0 Å². The maximum Gasteiger partial charge on any atom is 0.326 e. The van der Waals surface area contributed by atoms with E-state index in [1.54, 1.807) is 0 Å². The van der Waals surface area contributed by atoms with Crippen LogP contribution in [-0.2, 0) is 4.79 Å². The highest BCUT2D eigenvalue weighted by Gasteiger charge is 2.16. The molecule has 1 unspecified atom stereocenters. The molecule has 2 N–H and O–H groups in total. The number of aliphatic carboxylic acids is 1.